The first kappa shape index (κ1) is 10.9. The van der Waals surface area contributed by atoms with Crippen molar-refractivity contribution in [2.24, 2.45) is 5.73 Å². The number of hydrogen-bond donors (Lipinski definition) is 1. The fourth-order valence-corrected chi connectivity index (χ4v) is 1.81. The standard InChI is InChI=1S/C12H20N2/c1-4-12(8-7-10(2)13)14-9-5-6-11(14)3/h4,7-8,11H,1,5-6,9,13H2,2-3H3/b10-7+,12-8+. The molecule has 0 aromatic rings. The molecule has 0 spiro atoms. The van der Waals surface area contributed by atoms with Crippen LogP contribution in [0, 0.1) is 0 Å². The van der Waals surface area contributed by atoms with Crippen molar-refractivity contribution in [3.05, 3.63) is 36.2 Å². The summed E-state index contributed by atoms with van der Waals surface area (Å²) >= 11 is 0. The van der Waals surface area contributed by atoms with E-state index < -0.39 is 0 Å². The van der Waals surface area contributed by atoms with E-state index >= 15 is 0 Å². The van der Waals surface area contributed by atoms with E-state index in [4.69, 9.17) is 5.73 Å². The molecule has 0 aliphatic carbocycles. The van der Waals surface area contributed by atoms with E-state index in [9.17, 15) is 0 Å². The van der Waals surface area contributed by atoms with E-state index in [-0.39, 0.29) is 0 Å². The first-order valence-electron chi connectivity index (χ1n) is 5.18. The number of nitrogens with zero attached hydrogens (tertiary/aromatic N) is 1. The molecule has 1 aliphatic rings. The third kappa shape index (κ3) is 2.66. The van der Waals surface area contributed by atoms with E-state index in [1.807, 2.05) is 25.2 Å². The molecule has 0 aromatic heterocycles. The molecular formula is C12H20N2. The average Bonchev–Trinajstić information content (AvgIpc) is 2.53. The zero-order chi connectivity index (χ0) is 10.6. The Kier molecular flexibility index (Phi) is 3.81. The minimum atomic E-state index is 0.630. The van der Waals surface area contributed by atoms with Crippen LogP contribution in [0.5, 0.6) is 0 Å². The van der Waals surface area contributed by atoms with Gasteiger partial charge in [-0.1, -0.05) is 6.58 Å². The molecule has 14 heavy (non-hydrogen) atoms. The van der Waals surface area contributed by atoms with E-state index in [0.29, 0.717) is 6.04 Å². The molecule has 1 unspecified atom stereocenters. The monoisotopic (exact) mass is 192 g/mol. The van der Waals surface area contributed by atoms with Crippen LogP contribution in [0.3, 0.4) is 0 Å². The van der Waals surface area contributed by atoms with Gasteiger partial charge in [0.25, 0.3) is 0 Å². The maximum Gasteiger partial charge on any atom is 0.0363 e. The van der Waals surface area contributed by atoms with Crippen LogP contribution in [-0.2, 0) is 0 Å². The normalized spacial score (nSPS) is 24.1. The lowest BCUT2D eigenvalue weighted by atomic mass is 10.2. The Hall–Kier alpha value is -1.18. The maximum atomic E-state index is 5.59. The second kappa shape index (κ2) is 4.89. The smallest absolute Gasteiger partial charge is 0.0363 e. The van der Waals surface area contributed by atoms with Crippen LogP contribution in [0.2, 0.25) is 0 Å². The molecular weight excluding hydrogens is 172 g/mol. The molecule has 1 saturated heterocycles. The fraction of sp³-hybridized carbons (Fsp3) is 0.500. The molecule has 2 N–H and O–H groups in total. The SMILES string of the molecule is C=C/C(=C\C=C(/C)N)N1CCCC1C. The van der Waals surface area contributed by atoms with Gasteiger partial charge in [-0.25, -0.2) is 0 Å². The summed E-state index contributed by atoms with van der Waals surface area (Å²) in [5.41, 5.74) is 7.60. The minimum absolute atomic E-state index is 0.630. The Morgan fingerprint density at radius 3 is 2.64 bits per heavy atom. The van der Waals surface area contributed by atoms with Crippen molar-refractivity contribution in [3.8, 4) is 0 Å². The van der Waals surface area contributed by atoms with Gasteiger partial charge in [-0.15, -0.1) is 0 Å². The van der Waals surface area contributed by atoms with Gasteiger partial charge in [0.2, 0.25) is 0 Å². The summed E-state index contributed by atoms with van der Waals surface area (Å²) in [5, 5.41) is 0. The topological polar surface area (TPSA) is 29.3 Å². The minimum Gasteiger partial charge on any atom is -0.402 e. The van der Waals surface area contributed by atoms with Gasteiger partial charge in [-0.05, 0) is 44.9 Å². The van der Waals surface area contributed by atoms with Gasteiger partial charge >= 0.3 is 0 Å². The van der Waals surface area contributed by atoms with Gasteiger partial charge in [-0.3, -0.25) is 0 Å². The molecule has 0 radical (unpaired) electrons. The Labute approximate surface area is 86.8 Å². The van der Waals surface area contributed by atoms with Crippen LogP contribution in [0.25, 0.3) is 0 Å². The largest absolute Gasteiger partial charge is 0.402 e. The fourth-order valence-electron chi connectivity index (χ4n) is 1.81. The lowest BCUT2D eigenvalue weighted by Gasteiger charge is -2.24. The molecule has 0 bridgehead atoms. The number of nitrogens with two attached hydrogens (primary N) is 1. The second-order valence-electron chi connectivity index (χ2n) is 3.89. The van der Waals surface area contributed by atoms with Crippen molar-refractivity contribution in [1.29, 1.82) is 0 Å². The Bertz CT molecular complexity index is 259. The number of rotatable bonds is 3. The lowest BCUT2D eigenvalue weighted by molar-refractivity contribution is 0.351. The van der Waals surface area contributed by atoms with E-state index in [1.165, 1.54) is 18.5 Å². The predicted molar refractivity (Wildman–Crippen MR) is 61.6 cm³/mol. The molecule has 1 atom stereocenters. The lowest BCUT2D eigenvalue weighted by Crippen LogP contribution is -2.25. The summed E-state index contributed by atoms with van der Waals surface area (Å²) in [5.74, 6) is 0. The molecule has 2 heteroatoms. The van der Waals surface area contributed by atoms with Crippen LogP contribution >= 0.6 is 0 Å². The second-order valence-corrected chi connectivity index (χ2v) is 3.89. The highest BCUT2D eigenvalue weighted by Crippen LogP contribution is 2.22. The zero-order valence-corrected chi connectivity index (χ0v) is 9.16. The van der Waals surface area contributed by atoms with Crippen LogP contribution in [-0.4, -0.2) is 17.5 Å². The Morgan fingerprint density at radius 1 is 1.50 bits per heavy atom. The van der Waals surface area contributed by atoms with E-state index in [0.717, 1.165) is 12.2 Å². The quantitative estimate of drug-likeness (QED) is 0.696. The molecule has 0 aromatic carbocycles. The molecule has 1 heterocycles. The van der Waals surface area contributed by atoms with Crippen LogP contribution in [0.15, 0.2) is 36.2 Å². The summed E-state index contributed by atoms with van der Waals surface area (Å²) < 4.78 is 0. The summed E-state index contributed by atoms with van der Waals surface area (Å²) in [6.45, 7) is 9.12. The van der Waals surface area contributed by atoms with Crippen molar-refractivity contribution < 1.29 is 0 Å². The number of hydrogen-bond acceptors (Lipinski definition) is 2. The van der Waals surface area contributed by atoms with E-state index in [2.05, 4.69) is 18.4 Å². The van der Waals surface area contributed by atoms with Gasteiger partial charge in [0, 0.05) is 24.0 Å². The first-order valence-corrected chi connectivity index (χ1v) is 5.18. The third-order valence-corrected chi connectivity index (χ3v) is 2.61. The molecule has 78 valence electrons. The van der Waals surface area contributed by atoms with Crippen molar-refractivity contribution in [2.75, 3.05) is 6.54 Å². The molecule has 0 amide bonds. The average molecular weight is 192 g/mol. The van der Waals surface area contributed by atoms with Gasteiger partial charge in [0.1, 0.15) is 0 Å². The van der Waals surface area contributed by atoms with E-state index in [1.54, 1.807) is 0 Å². The highest BCUT2D eigenvalue weighted by Gasteiger charge is 2.20. The number of likely N-dealkylation sites (tertiary alicyclic amines) is 1. The van der Waals surface area contributed by atoms with Crippen molar-refractivity contribution in [3.63, 3.8) is 0 Å². The van der Waals surface area contributed by atoms with Crippen LogP contribution in [0.1, 0.15) is 26.7 Å². The predicted octanol–water partition coefficient (Wildman–Crippen LogP) is 2.40. The third-order valence-electron chi connectivity index (χ3n) is 2.61. The maximum absolute atomic E-state index is 5.59. The van der Waals surface area contributed by atoms with Crippen molar-refractivity contribution in [1.82, 2.24) is 4.90 Å². The Balaban J connectivity index is 2.75. The van der Waals surface area contributed by atoms with Crippen LogP contribution < -0.4 is 5.73 Å². The molecule has 1 aliphatic heterocycles. The van der Waals surface area contributed by atoms with Crippen molar-refractivity contribution >= 4 is 0 Å². The molecule has 1 rings (SSSR count). The zero-order valence-electron chi connectivity index (χ0n) is 9.16. The highest BCUT2D eigenvalue weighted by atomic mass is 15.2. The summed E-state index contributed by atoms with van der Waals surface area (Å²) in [7, 11) is 0. The summed E-state index contributed by atoms with van der Waals surface area (Å²) in [4.78, 5) is 2.38. The highest BCUT2D eigenvalue weighted by molar-refractivity contribution is 5.23. The first-order chi connectivity index (χ1) is 6.65. The van der Waals surface area contributed by atoms with Gasteiger partial charge in [0.05, 0.1) is 0 Å². The van der Waals surface area contributed by atoms with Crippen molar-refractivity contribution in [2.45, 2.75) is 32.7 Å². The van der Waals surface area contributed by atoms with Gasteiger partial charge < -0.3 is 10.6 Å². The number of allylic oxidation sites excluding steroid dienone is 4. The van der Waals surface area contributed by atoms with Crippen LogP contribution in [0.4, 0.5) is 0 Å². The summed E-state index contributed by atoms with van der Waals surface area (Å²) in [6, 6.07) is 0.630. The summed E-state index contributed by atoms with van der Waals surface area (Å²) in [6.07, 6.45) is 8.43. The van der Waals surface area contributed by atoms with Gasteiger partial charge in [0.15, 0.2) is 0 Å². The molecule has 2 nitrogen and oxygen atoms in total. The Morgan fingerprint density at radius 2 is 2.21 bits per heavy atom. The molecule has 1 fully saturated rings. The molecule has 0 saturated carbocycles. The van der Waals surface area contributed by atoms with Gasteiger partial charge in [-0.2, -0.15) is 0 Å².